The first-order valence-electron chi connectivity index (χ1n) is 11.1. The number of aromatic nitrogens is 2. The molecule has 3 rings (SSSR count). The summed E-state index contributed by atoms with van der Waals surface area (Å²) < 4.78 is 9.54. The topological polar surface area (TPSA) is 77.3 Å². The zero-order chi connectivity index (χ0) is 20.5. The Morgan fingerprint density at radius 3 is 2.41 bits per heavy atom. The van der Waals surface area contributed by atoms with Crippen LogP contribution >= 0.6 is 11.8 Å². The maximum atomic E-state index is 5.93. The van der Waals surface area contributed by atoms with E-state index in [1.165, 1.54) is 63.4 Å². The molecule has 2 N–H and O–H groups in total. The first-order chi connectivity index (χ1) is 14.2. The van der Waals surface area contributed by atoms with Crippen LogP contribution in [0.5, 0.6) is 0 Å². The second kappa shape index (κ2) is 10.8. The number of amidine groups is 1. The third-order valence-corrected chi connectivity index (χ3v) is 6.09. The molecule has 0 unspecified atom stereocenters. The highest BCUT2D eigenvalue weighted by Gasteiger charge is 2.53. The summed E-state index contributed by atoms with van der Waals surface area (Å²) >= 11 is 5.55. The van der Waals surface area contributed by atoms with Crippen LogP contribution in [0.3, 0.4) is 0 Å². The molecular formula is C23H33ClN4O. The molecule has 2 aromatic rings. The number of unbranched alkanes of at least 4 members (excludes halogenated alkanes) is 8. The number of halogens is 1. The largest absolute Gasteiger partial charge is 0.420 e. The number of nitrogens with zero attached hydrogens (tertiary/aromatic N) is 3. The lowest BCUT2D eigenvalue weighted by molar-refractivity contribution is 0.486. The number of hydrogen-bond donors (Lipinski definition) is 1. The summed E-state index contributed by atoms with van der Waals surface area (Å²) in [5, 5.41) is 8.44. The van der Waals surface area contributed by atoms with Gasteiger partial charge in [0, 0.05) is 17.3 Å². The molecule has 29 heavy (non-hydrogen) atoms. The molecule has 1 fully saturated rings. The average molecular weight is 417 g/mol. The van der Waals surface area contributed by atoms with Crippen molar-refractivity contribution in [1.29, 1.82) is 0 Å². The first kappa shape index (κ1) is 21.8. The first-order valence-corrected chi connectivity index (χ1v) is 11.4. The van der Waals surface area contributed by atoms with E-state index in [0.29, 0.717) is 17.6 Å². The Kier molecular flexibility index (Phi) is 8.10. The van der Waals surface area contributed by atoms with Crippen LogP contribution in [0.4, 0.5) is 0 Å². The minimum Gasteiger partial charge on any atom is -0.420 e. The summed E-state index contributed by atoms with van der Waals surface area (Å²) in [6, 6.07) is 8.39. The van der Waals surface area contributed by atoms with Gasteiger partial charge in [0.25, 0.3) is 0 Å². The highest BCUT2D eigenvalue weighted by atomic mass is 35.5. The van der Waals surface area contributed by atoms with Crippen molar-refractivity contribution in [3.05, 3.63) is 35.7 Å². The molecule has 1 saturated carbocycles. The van der Waals surface area contributed by atoms with Gasteiger partial charge in [-0.2, -0.15) is 4.51 Å². The van der Waals surface area contributed by atoms with Gasteiger partial charge in [0.05, 0.1) is 0 Å². The molecule has 0 atom stereocenters. The second-order valence-electron chi connectivity index (χ2n) is 8.24. The molecule has 6 heteroatoms. The molecule has 0 radical (unpaired) electrons. The fraction of sp³-hybridized carbons (Fsp3) is 0.609. The maximum absolute atomic E-state index is 5.93. The number of benzene rings is 1. The summed E-state index contributed by atoms with van der Waals surface area (Å²) in [4.78, 5) is 0. The molecule has 1 aromatic carbocycles. The van der Waals surface area contributed by atoms with E-state index in [2.05, 4.69) is 39.8 Å². The lowest BCUT2D eigenvalue weighted by Gasteiger charge is -2.07. The fourth-order valence-corrected chi connectivity index (χ4v) is 3.98. The zero-order valence-corrected chi connectivity index (χ0v) is 18.3. The average Bonchev–Trinajstić information content (AvgIpc) is 3.41. The van der Waals surface area contributed by atoms with Gasteiger partial charge in [-0.25, -0.2) is 0 Å². The molecule has 1 aliphatic rings. The van der Waals surface area contributed by atoms with Gasteiger partial charge in [0.1, 0.15) is 11.3 Å². The molecule has 0 aliphatic heterocycles. The second-order valence-corrected chi connectivity index (χ2v) is 8.41. The van der Waals surface area contributed by atoms with Crippen molar-refractivity contribution in [1.82, 2.24) is 10.2 Å². The third kappa shape index (κ3) is 5.81. The van der Waals surface area contributed by atoms with Crippen LogP contribution in [-0.2, 0) is 11.8 Å². The number of rotatable bonds is 13. The van der Waals surface area contributed by atoms with Crippen LogP contribution in [-0.4, -0.2) is 16.0 Å². The summed E-state index contributed by atoms with van der Waals surface area (Å²) in [6.07, 6.45) is 14.9. The van der Waals surface area contributed by atoms with E-state index < -0.39 is 5.41 Å². The predicted octanol–water partition coefficient (Wildman–Crippen LogP) is 6.35. The van der Waals surface area contributed by atoms with Crippen molar-refractivity contribution in [3.63, 3.8) is 0 Å². The SMILES string of the molecule is CCCCCCCCCCCc1cccc(-c2nnc(C3(C(N)=NCl)CC3)o2)c1. The van der Waals surface area contributed by atoms with Crippen molar-refractivity contribution < 1.29 is 4.42 Å². The van der Waals surface area contributed by atoms with Gasteiger partial charge >= 0.3 is 0 Å². The number of nitrogens with two attached hydrogens (primary N) is 1. The van der Waals surface area contributed by atoms with E-state index in [1.54, 1.807) is 0 Å². The smallest absolute Gasteiger partial charge is 0.247 e. The Morgan fingerprint density at radius 2 is 1.76 bits per heavy atom. The van der Waals surface area contributed by atoms with E-state index >= 15 is 0 Å². The quantitative estimate of drug-likeness (QED) is 0.234. The monoisotopic (exact) mass is 416 g/mol. The lowest BCUT2D eigenvalue weighted by atomic mass is 10.0. The highest BCUT2D eigenvalue weighted by Crippen LogP contribution is 2.48. The van der Waals surface area contributed by atoms with Crippen LogP contribution in [0, 0.1) is 0 Å². The molecule has 0 bridgehead atoms. The van der Waals surface area contributed by atoms with E-state index in [0.717, 1.165) is 24.8 Å². The van der Waals surface area contributed by atoms with E-state index in [-0.39, 0.29) is 0 Å². The Morgan fingerprint density at radius 1 is 1.07 bits per heavy atom. The van der Waals surface area contributed by atoms with Crippen LogP contribution in [0.1, 0.15) is 89.0 Å². The zero-order valence-electron chi connectivity index (χ0n) is 17.5. The molecule has 0 amide bonds. The van der Waals surface area contributed by atoms with Crippen molar-refractivity contribution in [2.24, 2.45) is 10.2 Å². The Labute approximate surface area is 179 Å². The van der Waals surface area contributed by atoms with Crippen molar-refractivity contribution in [3.8, 4) is 11.5 Å². The molecule has 0 saturated heterocycles. The van der Waals surface area contributed by atoms with Crippen molar-refractivity contribution >= 4 is 17.6 Å². The minimum atomic E-state index is -0.457. The Hall–Kier alpha value is -1.88. The van der Waals surface area contributed by atoms with Gasteiger partial charge < -0.3 is 10.2 Å². The summed E-state index contributed by atoms with van der Waals surface area (Å²) in [5.41, 5.74) is 7.74. The highest BCUT2D eigenvalue weighted by molar-refractivity contribution is 6.21. The number of aryl methyl sites for hydroxylation is 1. The van der Waals surface area contributed by atoms with E-state index in [9.17, 15) is 0 Å². The molecule has 5 nitrogen and oxygen atoms in total. The van der Waals surface area contributed by atoms with Crippen LogP contribution in [0.15, 0.2) is 33.2 Å². The van der Waals surface area contributed by atoms with Crippen LogP contribution in [0.2, 0.25) is 0 Å². The standard InChI is InChI=1S/C23H33ClN4O/c1-2-3-4-5-6-7-8-9-10-12-18-13-11-14-19(17-18)20-27-28-22(29-20)23(15-16-23)21(25)26-24/h11,13-14,17H,2-10,12,15-16H2,1H3,(H2,25,26). The molecule has 0 spiro atoms. The molecule has 1 aliphatic carbocycles. The van der Waals surface area contributed by atoms with E-state index in [4.69, 9.17) is 21.9 Å². The van der Waals surface area contributed by atoms with E-state index in [1.807, 2.05) is 6.07 Å². The fourth-order valence-electron chi connectivity index (χ4n) is 3.82. The predicted molar refractivity (Wildman–Crippen MR) is 119 cm³/mol. The molecule has 1 aromatic heterocycles. The molecular weight excluding hydrogens is 384 g/mol. The summed E-state index contributed by atoms with van der Waals surface area (Å²) in [6.45, 7) is 2.27. The molecule has 1 heterocycles. The van der Waals surface area contributed by atoms with Crippen LogP contribution < -0.4 is 5.73 Å². The summed E-state index contributed by atoms with van der Waals surface area (Å²) in [7, 11) is 0. The Bertz CT molecular complexity index is 798. The Balaban J connectivity index is 1.47. The van der Waals surface area contributed by atoms with Gasteiger partial charge in [0.2, 0.25) is 11.8 Å². The van der Waals surface area contributed by atoms with Gasteiger partial charge in [-0.3, -0.25) is 0 Å². The van der Waals surface area contributed by atoms with Gasteiger partial charge in [0.15, 0.2) is 0 Å². The maximum Gasteiger partial charge on any atom is 0.247 e. The third-order valence-electron chi connectivity index (χ3n) is 5.91. The minimum absolute atomic E-state index is 0.355. The van der Waals surface area contributed by atoms with Gasteiger partial charge in [-0.1, -0.05) is 70.4 Å². The van der Waals surface area contributed by atoms with Gasteiger partial charge in [-0.15, -0.1) is 10.2 Å². The van der Waals surface area contributed by atoms with Crippen molar-refractivity contribution in [2.45, 2.75) is 89.4 Å². The summed E-state index contributed by atoms with van der Waals surface area (Å²) in [5.74, 6) is 1.40. The van der Waals surface area contributed by atoms with Gasteiger partial charge in [-0.05, 0) is 43.4 Å². The normalized spacial score (nSPS) is 15.6. The lowest BCUT2D eigenvalue weighted by Crippen LogP contribution is -2.28. The van der Waals surface area contributed by atoms with Crippen LogP contribution in [0.25, 0.3) is 11.5 Å². The van der Waals surface area contributed by atoms with Crippen molar-refractivity contribution in [2.75, 3.05) is 0 Å². The number of hydrogen-bond acceptors (Lipinski definition) is 4. The molecule has 158 valence electrons.